The van der Waals surface area contributed by atoms with Crippen molar-refractivity contribution >= 4 is 11.3 Å². The van der Waals surface area contributed by atoms with Crippen molar-refractivity contribution in [2.45, 2.75) is 19.4 Å². The first-order valence-corrected chi connectivity index (χ1v) is 4.34. The Kier molecular flexibility index (Phi) is 2.99. The fourth-order valence-electron chi connectivity index (χ4n) is 0.806. The third-order valence-electron chi connectivity index (χ3n) is 1.40. The van der Waals surface area contributed by atoms with Gasteiger partial charge in [-0.1, -0.05) is 0 Å². The van der Waals surface area contributed by atoms with Gasteiger partial charge in [-0.25, -0.2) is 4.98 Å². The fourth-order valence-corrected chi connectivity index (χ4v) is 1.62. The third kappa shape index (κ3) is 2.25. The zero-order valence-electron chi connectivity index (χ0n) is 6.45. The summed E-state index contributed by atoms with van der Waals surface area (Å²) < 4.78 is 0. The summed E-state index contributed by atoms with van der Waals surface area (Å²) in [6, 6.07) is -0.0984. The van der Waals surface area contributed by atoms with E-state index in [4.69, 9.17) is 10.8 Å². The van der Waals surface area contributed by atoms with Crippen LogP contribution in [0.15, 0.2) is 6.20 Å². The van der Waals surface area contributed by atoms with Gasteiger partial charge in [-0.05, 0) is 13.3 Å². The van der Waals surface area contributed by atoms with Crippen LogP contribution in [0.4, 0.5) is 0 Å². The van der Waals surface area contributed by atoms with Crippen molar-refractivity contribution in [2.75, 3.05) is 6.61 Å². The van der Waals surface area contributed by atoms with E-state index in [1.165, 1.54) is 0 Å². The molecule has 0 saturated carbocycles. The number of nitrogens with two attached hydrogens (primary N) is 1. The summed E-state index contributed by atoms with van der Waals surface area (Å²) in [6.07, 6.45) is 2.39. The van der Waals surface area contributed by atoms with Gasteiger partial charge in [-0.15, -0.1) is 11.3 Å². The van der Waals surface area contributed by atoms with Crippen molar-refractivity contribution < 1.29 is 5.11 Å². The van der Waals surface area contributed by atoms with Gasteiger partial charge in [0.25, 0.3) is 0 Å². The van der Waals surface area contributed by atoms with E-state index in [1.54, 1.807) is 17.5 Å². The van der Waals surface area contributed by atoms with Crippen molar-refractivity contribution in [3.63, 3.8) is 0 Å². The molecule has 0 aliphatic rings. The predicted octanol–water partition coefficient (Wildman–Crippen LogP) is 0.834. The van der Waals surface area contributed by atoms with Crippen LogP contribution in [0.25, 0.3) is 0 Å². The van der Waals surface area contributed by atoms with Crippen LogP contribution in [-0.4, -0.2) is 16.7 Å². The lowest BCUT2D eigenvalue weighted by Crippen LogP contribution is -2.11. The number of thiazole rings is 1. The SMILES string of the molecule is Cc1cnc(C(N)CCO)s1. The van der Waals surface area contributed by atoms with Crippen LogP contribution in [0.2, 0.25) is 0 Å². The van der Waals surface area contributed by atoms with Crippen molar-refractivity contribution in [2.24, 2.45) is 5.73 Å². The standard InChI is InChI=1S/C7H12N2OS/c1-5-4-9-7(11-5)6(8)2-3-10/h4,6,10H,2-3,8H2,1H3. The summed E-state index contributed by atoms with van der Waals surface area (Å²) in [5.74, 6) is 0. The van der Waals surface area contributed by atoms with Crippen molar-refractivity contribution in [1.29, 1.82) is 0 Å². The maximum atomic E-state index is 8.60. The van der Waals surface area contributed by atoms with Crippen molar-refractivity contribution in [3.05, 3.63) is 16.1 Å². The Morgan fingerprint density at radius 3 is 3.00 bits per heavy atom. The Labute approximate surface area is 69.9 Å². The molecule has 1 unspecified atom stereocenters. The highest BCUT2D eigenvalue weighted by Crippen LogP contribution is 2.19. The summed E-state index contributed by atoms with van der Waals surface area (Å²) in [5.41, 5.74) is 5.71. The number of hydrogen-bond donors (Lipinski definition) is 2. The summed E-state index contributed by atoms with van der Waals surface area (Å²) >= 11 is 1.59. The minimum atomic E-state index is -0.0984. The molecule has 1 rings (SSSR count). The number of aryl methyl sites for hydroxylation is 1. The minimum Gasteiger partial charge on any atom is -0.396 e. The second-order valence-corrected chi connectivity index (χ2v) is 3.69. The lowest BCUT2D eigenvalue weighted by molar-refractivity contribution is 0.276. The molecule has 0 aliphatic carbocycles. The van der Waals surface area contributed by atoms with E-state index in [1.807, 2.05) is 6.92 Å². The van der Waals surface area contributed by atoms with Crippen LogP contribution in [0, 0.1) is 6.92 Å². The molecule has 0 fully saturated rings. The maximum absolute atomic E-state index is 8.60. The molecule has 0 amide bonds. The van der Waals surface area contributed by atoms with E-state index in [0.29, 0.717) is 6.42 Å². The van der Waals surface area contributed by atoms with Crippen LogP contribution in [0.3, 0.4) is 0 Å². The molecular formula is C7H12N2OS. The van der Waals surface area contributed by atoms with Gasteiger partial charge in [-0.3, -0.25) is 0 Å². The second-order valence-electron chi connectivity index (χ2n) is 2.43. The molecule has 3 N–H and O–H groups in total. The van der Waals surface area contributed by atoms with Crippen LogP contribution in [-0.2, 0) is 0 Å². The molecule has 0 aliphatic heterocycles. The number of nitrogens with zero attached hydrogens (tertiary/aromatic N) is 1. The highest BCUT2D eigenvalue weighted by atomic mass is 32.1. The van der Waals surface area contributed by atoms with E-state index >= 15 is 0 Å². The maximum Gasteiger partial charge on any atom is 0.110 e. The molecule has 1 aromatic heterocycles. The Morgan fingerprint density at radius 2 is 2.55 bits per heavy atom. The number of rotatable bonds is 3. The quantitative estimate of drug-likeness (QED) is 0.710. The van der Waals surface area contributed by atoms with Gasteiger partial charge in [0.1, 0.15) is 5.01 Å². The fraction of sp³-hybridized carbons (Fsp3) is 0.571. The molecule has 0 spiro atoms. The highest BCUT2D eigenvalue weighted by Gasteiger charge is 2.08. The van der Waals surface area contributed by atoms with Gasteiger partial charge in [0.15, 0.2) is 0 Å². The van der Waals surface area contributed by atoms with Crippen molar-refractivity contribution in [1.82, 2.24) is 4.98 Å². The molecule has 4 heteroatoms. The van der Waals surface area contributed by atoms with E-state index in [9.17, 15) is 0 Å². The first-order chi connectivity index (χ1) is 5.24. The minimum absolute atomic E-state index is 0.0984. The van der Waals surface area contributed by atoms with E-state index < -0.39 is 0 Å². The van der Waals surface area contributed by atoms with Gasteiger partial charge >= 0.3 is 0 Å². The molecular weight excluding hydrogens is 160 g/mol. The normalized spacial score (nSPS) is 13.4. The Balaban J connectivity index is 2.60. The molecule has 1 atom stereocenters. The Bertz CT molecular complexity index is 224. The van der Waals surface area contributed by atoms with E-state index in [-0.39, 0.29) is 12.6 Å². The zero-order chi connectivity index (χ0) is 8.27. The molecule has 0 bridgehead atoms. The van der Waals surface area contributed by atoms with Gasteiger partial charge in [0, 0.05) is 17.7 Å². The molecule has 0 radical (unpaired) electrons. The van der Waals surface area contributed by atoms with E-state index in [2.05, 4.69) is 4.98 Å². The lowest BCUT2D eigenvalue weighted by Gasteiger charge is -2.03. The number of hydrogen-bond acceptors (Lipinski definition) is 4. The smallest absolute Gasteiger partial charge is 0.110 e. The van der Waals surface area contributed by atoms with Crippen LogP contribution in [0.1, 0.15) is 22.3 Å². The number of aromatic nitrogens is 1. The van der Waals surface area contributed by atoms with Crippen LogP contribution < -0.4 is 5.73 Å². The Morgan fingerprint density at radius 1 is 1.82 bits per heavy atom. The van der Waals surface area contributed by atoms with Gasteiger partial charge in [-0.2, -0.15) is 0 Å². The largest absolute Gasteiger partial charge is 0.396 e. The van der Waals surface area contributed by atoms with Gasteiger partial charge < -0.3 is 10.8 Å². The third-order valence-corrected chi connectivity index (χ3v) is 2.44. The average Bonchev–Trinajstić information content (AvgIpc) is 2.36. The molecule has 1 heterocycles. The molecule has 0 saturated heterocycles. The Hall–Kier alpha value is -0.450. The van der Waals surface area contributed by atoms with Crippen LogP contribution in [0.5, 0.6) is 0 Å². The van der Waals surface area contributed by atoms with Gasteiger partial charge in [0.05, 0.1) is 6.04 Å². The second kappa shape index (κ2) is 3.80. The first kappa shape index (κ1) is 8.64. The summed E-state index contributed by atoms with van der Waals surface area (Å²) in [5, 5.41) is 9.52. The summed E-state index contributed by atoms with van der Waals surface area (Å²) in [4.78, 5) is 5.28. The van der Waals surface area contributed by atoms with Gasteiger partial charge in [0.2, 0.25) is 0 Å². The molecule has 62 valence electrons. The topological polar surface area (TPSA) is 59.1 Å². The monoisotopic (exact) mass is 172 g/mol. The van der Waals surface area contributed by atoms with E-state index in [0.717, 1.165) is 9.88 Å². The highest BCUT2D eigenvalue weighted by molar-refractivity contribution is 7.11. The molecule has 1 aromatic rings. The molecule has 0 aromatic carbocycles. The zero-order valence-corrected chi connectivity index (χ0v) is 7.27. The molecule has 11 heavy (non-hydrogen) atoms. The first-order valence-electron chi connectivity index (χ1n) is 3.53. The summed E-state index contributed by atoms with van der Waals surface area (Å²) in [7, 11) is 0. The number of aliphatic hydroxyl groups excluding tert-OH is 1. The van der Waals surface area contributed by atoms with Crippen LogP contribution >= 0.6 is 11.3 Å². The average molecular weight is 172 g/mol. The molecule has 3 nitrogen and oxygen atoms in total. The van der Waals surface area contributed by atoms with Crippen molar-refractivity contribution in [3.8, 4) is 0 Å². The lowest BCUT2D eigenvalue weighted by atomic mass is 10.2. The predicted molar refractivity (Wildman–Crippen MR) is 45.5 cm³/mol. The number of aliphatic hydroxyl groups is 1. The summed E-state index contributed by atoms with van der Waals surface area (Å²) in [6.45, 7) is 2.12.